The lowest BCUT2D eigenvalue weighted by molar-refractivity contribution is -0.675. The van der Waals surface area contributed by atoms with Crippen molar-refractivity contribution in [2.24, 2.45) is 0 Å². The predicted molar refractivity (Wildman–Crippen MR) is 122 cm³/mol. The molecule has 0 unspecified atom stereocenters. The smallest absolute Gasteiger partial charge is 0.280 e. The molecule has 3 aromatic rings. The van der Waals surface area contributed by atoms with Crippen molar-refractivity contribution in [3.8, 4) is 0 Å². The summed E-state index contributed by atoms with van der Waals surface area (Å²) in [5.41, 5.74) is 2.56. The number of aromatic nitrogens is 2. The molecule has 6 heteroatoms. The van der Waals surface area contributed by atoms with Crippen molar-refractivity contribution in [1.82, 2.24) is 9.78 Å². The van der Waals surface area contributed by atoms with E-state index < -0.39 is 0 Å². The molecule has 0 saturated heterocycles. The van der Waals surface area contributed by atoms with Gasteiger partial charge < -0.3 is 10.6 Å². The Bertz CT molecular complexity index is 940. The number of quaternary nitrogens is 1. The zero-order chi connectivity index (χ0) is 20.9. The molecular weight excluding hydrogens is 392 g/mol. The van der Waals surface area contributed by atoms with E-state index in [0.29, 0.717) is 18.5 Å². The second kappa shape index (κ2) is 9.58. The topological polar surface area (TPSA) is 63.5 Å². The minimum Gasteiger partial charge on any atom is -0.328 e. The largest absolute Gasteiger partial charge is 0.328 e. The summed E-state index contributed by atoms with van der Waals surface area (Å²) in [6.45, 7) is 4.78. The minimum atomic E-state index is 0.00936. The lowest BCUT2D eigenvalue weighted by atomic mass is 9.98. The quantitative estimate of drug-likeness (QED) is 0.561. The fraction of sp³-hybridized carbons (Fsp3) is 0.417. The number of nitrogens with zero attached hydrogens (tertiary/aromatic N) is 2. The fourth-order valence-electron chi connectivity index (χ4n) is 4.24. The number of benzene rings is 1. The standard InChI is InChI=1S/C24H30N4OS/c1-17(2)18-9-11-19(12-10-18)24(21-8-5-15-30-21)25-16-23(29)27-22-13-14-26-28(22)20-6-3-4-7-20/h5,8-15,17,20,24-25H,3-4,6-7,16H2,1-2H3,(H,27,29)/p+1/t24-/m1/s1. The highest BCUT2D eigenvalue weighted by Gasteiger charge is 2.23. The Hall–Kier alpha value is -2.44. The third-order valence-electron chi connectivity index (χ3n) is 5.96. The summed E-state index contributed by atoms with van der Waals surface area (Å²) in [7, 11) is 0. The number of anilines is 1. The van der Waals surface area contributed by atoms with Gasteiger partial charge in [0.2, 0.25) is 0 Å². The first kappa shape index (κ1) is 20.8. The maximum atomic E-state index is 12.7. The SMILES string of the molecule is CC(C)c1ccc([C@@H]([NH2+]CC(=O)Nc2ccnn2C2CCCC2)c2cccs2)cc1. The van der Waals surface area contributed by atoms with Gasteiger partial charge in [0.1, 0.15) is 11.9 Å². The number of hydrogen-bond donors (Lipinski definition) is 2. The molecule has 1 fully saturated rings. The molecule has 1 aliphatic carbocycles. The van der Waals surface area contributed by atoms with Crippen molar-refractivity contribution in [3.63, 3.8) is 0 Å². The van der Waals surface area contributed by atoms with E-state index in [1.165, 1.54) is 28.8 Å². The first-order valence-corrected chi connectivity index (χ1v) is 11.8. The molecule has 0 aliphatic heterocycles. The highest BCUT2D eigenvalue weighted by atomic mass is 32.1. The highest BCUT2D eigenvalue weighted by molar-refractivity contribution is 7.10. The maximum Gasteiger partial charge on any atom is 0.280 e. The average Bonchev–Trinajstić information content (AvgIpc) is 3.51. The molecule has 5 nitrogen and oxygen atoms in total. The van der Waals surface area contributed by atoms with Gasteiger partial charge in [-0.05, 0) is 35.8 Å². The molecule has 0 bridgehead atoms. The van der Waals surface area contributed by atoms with Crippen LogP contribution in [0.2, 0.25) is 0 Å². The van der Waals surface area contributed by atoms with Gasteiger partial charge in [0.25, 0.3) is 5.91 Å². The number of nitrogens with one attached hydrogen (secondary N) is 1. The molecule has 1 atom stereocenters. The lowest BCUT2D eigenvalue weighted by Crippen LogP contribution is -2.87. The molecule has 4 rings (SSSR count). The van der Waals surface area contributed by atoms with Gasteiger partial charge >= 0.3 is 0 Å². The van der Waals surface area contributed by atoms with E-state index in [9.17, 15) is 4.79 Å². The number of rotatable bonds is 8. The van der Waals surface area contributed by atoms with E-state index in [-0.39, 0.29) is 11.9 Å². The number of amides is 1. The van der Waals surface area contributed by atoms with E-state index in [2.05, 4.69) is 71.4 Å². The highest BCUT2D eigenvalue weighted by Crippen LogP contribution is 2.31. The second-order valence-electron chi connectivity index (χ2n) is 8.40. The van der Waals surface area contributed by atoms with E-state index in [1.807, 2.05) is 10.7 Å². The molecule has 0 spiro atoms. The molecule has 1 saturated carbocycles. The average molecular weight is 424 g/mol. The molecule has 0 radical (unpaired) electrons. The Balaban J connectivity index is 1.43. The van der Waals surface area contributed by atoms with Crippen LogP contribution >= 0.6 is 11.3 Å². The Morgan fingerprint density at radius 1 is 1.17 bits per heavy atom. The van der Waals surface area contributed by atoms with Crippen molar-refractivity contribution in [3.05, 3.63) is 70.0 Å². The molecule has 158 valence electrons. The molecule has 1 amide bonds. The van der Waals surface area contributed by atoms with Crippen LogP contribution < -0.4 is 10.6 Å². The first-order valence-electron chi connectivity index (χ1n) is 10.9. The summed E-state index contributed by atoms with van der Waals surface area (Å²) in [5, 5.41) is 11.8. The number of carbonyl (C=O) groups excluding carboxylic acids is 1. The predicted octanol–water partition coefficient (Wildman–Crippen LogP) is 4.47. The van der Waals surface area contributed by atoms with Gasteiger partial charge in [-0.2, -0.15) is 5.10 Å². The molecule has 30 heavy (non-hydrogen) atoms. The van der Waals surface area contributed by atoms with Crippen LogP contribution in [0.5, 0.6) is 0 Å². The molecule has 1 aliphatic rings. The zero-order valence-electron chi connectivity index (χ0n) is 17.8. The van der Waals surface area contributed by atoms with Crippen molar-refractivity contribution in [2.75, 3.05) is 11.9 Å². The molecule has 2 aromatic heterocycles. The molecular formula is C24H31N4OS+. The number of nitrogens with two attached hydrogens (primary N) is 1. The van der Waals surface area contributed by atoms with Crippen LogP contribution in [-0.4, -0.2) is 22.2 Å². The normalized spacial score (nSPS) is 15.6. The monoisotopic (exact) mass is 423 g/mol. The van der Waals surface area contributed by atoms with Gasteiger partial charge in [-0.1, -0.05) is 57.0 Å². The van der Waals surface area contributed by atoms with Gasteiger partial charge in [0.05, 0.1) is 17.1 Å². The first-order chi connectivity index (χ1) is 14.6. The van der Waals surface area contributed by atoms with Gasteiger partial charge in [-0.25, -0.2) is 4.68 Å². The van der Waals surface area contributed by atoms with Crippen molar-refractivity contribution >= 4 is 23.1 Å². The summed E-state index contributed by atoms with van der Waals surface area (Å²) in [4.78, 5) is 14.0. The Kier molecular flexibility index (Phi) is 6.65. The van der Waals surface area contributed by atoms with Crippen LogP contribution in [0, 0.1) is 0 Å². The van der Waals surface area contributed by atoms with Crippen molar-refractivity contribution < 1.29 is 10.1 Å². The van der Waals surface area contributed by atoms with Crippen LogP contribution in [0.3, 0.4) is 0 Å². The lowest BCUT2D eigenvalue weighted by Gasteiger charge is -2.17. The summed E-state index contributed by atoms with van der Waals surface area (Å²) >= 11 is 1.74. The zero-order valence-corrected chi connectivity index (χ0v) is 18.6. The van der Waals surface area contributed by atoms with E-state index in [4.69, 9.17) is 0 Å². The summed E-state index contributed by atoms with van der Waals surface area (Å²) < 4.78 is 1.99. The number of thiophene rings is 1. The third-order valence-corrected chi connectivity index (χ3v) is 6.91. The van der Waals surface area contributed by atoms with Gasteiger partial charge in [-0.15, -0.1) is 11.3 Å². The van der Waals surface area contributed by atoms with Crippen molar-refractivity contribution in [1.29, 1.82) is 0 Å². The van der Waals surface area contributed by atoms with Gasteiger partial charge in [0.15, 0.2) is 6.54 Å². The second-order valence-corrected chi connectivity index (χ2v) is 9.38. The van der Waals surface area contributed by atoms with E-state index >= 15 is 0 Å². The molecule has 3 N–H and O–H groups in total. The van der Waals surface area contributed by atoms with Crippen LogP contribution in [0.1, 0.15) is 73.5 Å². The van der Waals surface area contributed by atoms with Gasteiger partial charge in [0, 0.05) is 11.6 Å². The number of carbonyl (C=O) groups is 1. The van der Waals surface area contributed by atoms with Crippen molar-refractivity contribution in [2.45, 2.75) is 57.5 Å². The Labute approximate surface area is 182 Å². The van der Waals surface area contributed by atoms with Crippen LogP contribution in [0.4, 0.5) is 5.82 Å². The molecule has 2 heterocycles. The minimum absolute atomic E-state index is 0.00936. The Morgan fingerprint density at radius 2 is 1.90 bits per heavy atom. The third kappa shape index (κ3) is 4.82. The molecule has 1 aromatic carbocycles. The van der Waals surface area contributed by atoms with Crippen LogP contribution in [0.15, 0.2) is 54.0 Å². The van der Waals surface area contributed by atoms with Crippen LogP contribution in [0.25, 0.3) is 0 Å². The summed E-state index contributed by atoms with van der Waals surface area (Å²) in [5.74, 6) is 1.34. The fourth-order valence-corrected chi connectivity index (χ4v) is 5.10. The Morgan fingerprint density at radius 3 is 2.57 bits per heavy atom. The van der Waals surface area contributed by atoms with Gasteiger partial charge in [-0.3, -0.25) is 4.79 Å². The van der Waals surface area contributed by atoms with E-state index in [1.54, 1.807) is 17.5 Å². The maximum absolute atomic E-state index is 12.7. The number of hydrogen-bond acceptors (Lipinski definition) is 3. The van der Waals surface area contributed by atoms with Crippen LogP contribution in [-0.2, 0) is 4.79 Å². The summed E-state index contributed by atoms with van der Waals surface area (Å²) in [6.07, 6.45) is 6.54. The summed E-state index contributed by atoms with van der Waals surface area (Å²) in [6, 6.07) is 15.5. The van der Waals surface area contributed by atoms with E-state index in [0.717, 1.165) is 18.7 Å².